The number of aromatic hydroxyl groups is 1. The van der Waals surface area contributed by atoms with E-state index in [-0.39, 0.29) is 5.75 Å². The topological polar surface area (TPSA) is 70.2 Å². The van der Waals surface area contributed by atoms with Gasteiger partial charge in [0, 0.05) is 36.1 Å². The van der Waals surface area contributed by atoms with Crippen LogP contribution in [0.15, 0.2) is 42.7 Å². The maximum atomic E-state index is 9.74. The van der Waals surface area contributed by atoms with E-state index >= 15 is 0 Å². The van der Waals surface area contributed by atoms with Gasteiger partial charge in [0.1, 0.15) is 5.65 Å². The highest BCUT2D eigenvalue weighted by Gasteiger charge is 2.05. The maximum absolute atomic E-state index is 9.74. The standard InChI is InChI=1S/C15H15N3O2/c1-20-14-5-4-11(7-13(14)19)17-8-10-9-18-15-12(10)3-2-6-16-15/h2-7,9,17,19H,8H2,1H3,(H,16,18). The van der Waals surface area contributed by atoms with Gasteiger partial charge in [-0.15, -0.1) is 0 Å². The van der Waals surface area contributed by atoms with Crippen molar-refractivity contribution in [2.45, 2.75) is 6.54 Å². The molecule has 0 fully saturated rings. The number of nitrogens with zero attached hydrogens (tertiary/aromatic N) is 1. The van der Waals surface area contributed by atoms with Crippen molar-refractivity contribution in [2.75, 3.05) is 12.4 Å². The second-order valence-electron chi connectivity index (χ2n) is 4.45. The van der Waals surface area contributed by atoms with Crippen molar-refractivity contribution in [2.24, 2.45) is 0 Å². The third kappa shape index (κ3) is 2.25. The molecule has 5 nitrogen and oxygen atoms in total. The van der Waals surface area contributed by atoms with Gasteiger partial charge in [-0.3, -0.25) is 0 Å². The van der Waals surface area contributed by atoms with E-state index in [1.807, 2.05) is 24.4 Å². The van der Waals surface area contributed by atoms with Crippen LogP contribution in [0.2, 0.25) is 0 Å². The Labute approximate surface area is 116 Å². The van der Waals surface area contributed by atoms with Gasteiger partial charge in [-0.2, -0.15) is 0 Å². The smallest absolute Gasteiger partial charge is 0.160 e. The number of aromatic nitrogens is 2. The lowest BCUT2D eigenvalue weighted by Gasteiger charge is -2.08. The Morgan fingerprint density at radius 2 is 2.25 bits per heavy atom. The van der Waals surface area contributed by atoms with E-state index in [2.05, 4.69) is 15.3 Å². The van der Waals surface area contributed by atoms with Crippen molar-refractivity contribution in [1.29, 1.82) is 0 Å². The third-order valence-corrected chi connectivity index (χ3v) is 3.20. The number of hydrogen-bond donors (Lipinski definition) is 3. The molecule has 0 spiro atoms. The Bertz CT molecular complexity index is 737. The average Bonchev–Trinajstić information content (AvgIpc) is 2.88. The molecule has 0 radical (unpaired) electrons. The van der Waals surface area contributed by atoms with Crippen molar-refractivity contribution in [1.82, 2.24) is 9.97 Å². The van der Waals surface area contributed by atoms with Crippen LogP contribution in [0, 0.1) is 0 Å². The van der Waals surface area contributed by atoms with Gasteiger partial charge in [-0.05, 0) is 29.8 Å². The van der Waals surface area contributed by atoms with E-state index in [9.17, 15) is 5.11 Å². The fourth-order valence-corrected chi connectivity index (χ4v) is 2.16. The average molecular weight is 269 g/mol. The number of phenols is 1. The molecule has 0 aliphatic rings. The summed E-state index contributed by atoms with van der Waals surface area (Å²) in [6, 6.07) is 9.19. The minimum absolute atomic E-state index is 0.123. The summed E-state index contributed by atoms with van der Waals surface area (Å²) in [5.74, 6) is 0.588. The first-order valence-corrected chi connectivity index (χ1v) is 6.30. The van der Waals surface area contributed by atoms with E-state index in [0.29, 0.717) is 12.3 Å². The largest absolute Gasteiger partial charge is 0.504 e. The third-order valence-electron chi connectivity index (χ3n) is 3.20. The Hall–Kier alpha value is -2.69. The van der Waals surface area contributed by atoms with E-state index in [1.165, 1.54) is 7.11 Å². The van der Waals surface area contributed by atoms with Gasteiger partial charge in [0.2, 0.25) is 0 Å². The van der Waals surface area contributed by atoms with Crippen molar-refractivity contribution in [3.63, 3.8) is 0 Å². The van der Waals surface area contributed by atoms with E-state index < -0.39 is 0 Å². The van der Waals surface area contributed by atoms with Crippen molar-refractivity contribution >= 4 is 16.7 Å². The number of pyridine rings is 1. The number of H-pyrrole nitrogens is 1. The number of phenolic OH excluding ortho intramolecular Hbond substituents is 1. The molecule has 0 bridgehead atoms. The molecule has 1 aromatic carbocycles. The Kier molecular flexibility index (Phi) is 3.16. The lowest BCUT2D eigenvalue weighted by molar-refractivity contribution is 0.373. The molecule has 0 aliphatic carbocycles. The molecule has 0 saturated carbocycles. The number of fused-ring (bicyclic) bond motifs is 1. The first kappa shape index (κ1) is 12.3. The Morgan fingerprint density at radius 1 is 1.35 bits per heavy atom. The van der Waals surface area contributed by atoms with Crippen LogP contribution in [0.4, 0.5) is 5.69 Å². The molecule has 2 aromatic heterocycles. The molecule has 0 saturated heterocycles. The van der Waals surface area contributed by atoms with Crippen LogP contribution in [-0.4, -0.2) is 22.2 Å². The Balaban J connectivity index is 1.78. The fraction of sp³-hybridized carbons (Fsp3) is 0.133. The van der Waals surface area contributed by atoms with Crippen LogP contribution in [0.25, 0.3) is 11.0 Å². The van der Waals surface area contributed by atoms with Gasteiger partial charge in [0.25, 0.3) is 0 Å². The summed E-state index contributed by atoms with van der Waals surface area (Å²) in [6.07, 6.45) is 3.70. The molecule has 3 rings (SSSR count). The maximum Gasteiger partial charge on any atom is 0.160 e. The van der Waals surface area contributed by atoms with E-state index in [4.69, 9.17) is 4.74 Å². The first-order valence-electron chi connectivity index (χ1n) is 6.30. The molecule has 0 aliphatic heterocycles. The summed E-state index contributed by atoms with van der Waals surface area (Å²) in [5, 5.41) is 14.1. The summed E-state index contributed by atoms with van der Waals surface area (Å²) < 4.78 is 5.02. The Morgan fingerprint density at radius 3 is 3.05 bits per heavy atom. The quantitative estimate of drug-likeness (QED) is 0.681. The number of benzene rings is 1. The number of anilines is 1. The number of ether oxygens (including phenoxy) is 1. The summed E-state index contributed by atoms with van der Waals surface area (Å²) in [6.45, 7) is 0.650. The van der Waals surface area contributed by atoms with Crippen LogP contribution in [0.3, 0.4) is 0 Å². The van der Waals surface area contributed by atoms with Crippen LogP contribution >= 0.6 is 0 Å². The minimum atomic E-state index is 0.123. The van der Waals surface area contributed by atoms with Gasteiger partial charge < -0.3 is 20.1 Å². The summed E-state index contributed by atoms with van der Waals surface area (Å²) >= 11 is 0. The van der Waals surface area contributed by atoms with E-state index in [1.54, 1.807) is 18.3 Å². The molecule has 102 valence electrons. The number of nitrogens with one attached hydrogen (secondary N) is 2. The normalized spacial score (nSPS) is 10.7. The van der Waals surface area contributed by atoms with Gasteiger partial charge in [0.05, 0.1) is 7.11 Å². The van der Waals surface area contributed by atoms with Gasteiger partial charge in [-0.25, -0.2) is 4.98 Å². The fourth-order valence-electron chi connectivity index (χ4n) is 2.16. The van der Waals surface area contributed by atoms with Crippen molar-refractivity contribution in [3.05, 3.63) is 48.3 Å². The number of hydrogen-bond acceptors (Lipinski definition) is 4. The number of rotatable bonds is 4. The molecule has 20 heavy (non-hydrogen) atoms. The minimum Gasteiger partial charge on any atom is -0.504 e. The lowest BCUT2D eigenvalue weighted by Crippen LogP contribution is -1.98. The van der Waals surface area contributed by atoms with Crippen molar-refractivity contribution in [3.8, 4) is 11.5 Å². The SMILES string of the molecule is COc1ccc(NCc2c[nH]c3ncccc23)cc1O. The van der Waals surface area contributed by atoms with Crippen LogP contribution < -0.4 is 10.1 Å². The van der Waals surface area contributed by atoms with Gasteiger partial charge >= 0.3 is 0 Å². The zero-order chi connectivity index (χ0) is 13.9. The monoisotopic (exact) mass is 269 g/mol. The zero-order valence-corrected chi connectivity index (χ0v) is 11.1. The highest BCUT2D eigenvalue weighted by atomic mass is 16.5. The molecular formula is C15H15N3O2. The summed E-state index contributed by atoms with van der Waals surface area (Å²) in [7, 11) is 1.53. The molecule has 0 atom stereocenters. The highest BCUT2D eigenvalue weighted by Crippen LogP contribution is 2.29. The summed E-state index contributed by atoms with van der Waals surface area (Å²) in [5.41, 5.74) is 2.84. The van der Waals surface area contributed by atoms with Crippen LogP contribution in [0.1, 0.15) is 5.56 Å². The molecule has 0 unspecified atom stereocenters. The van der Waals surface area contributed by atoms with Crippen LogP contribution in [0.5, 0.6) is 11.5 Å². The first-order chi connectivity index (χ1) is 9.78. The molecule has 5 heteroatoms. The summed E-state index contributed by atoms with van der Waals surface area (Å²) in [4.78, 5) is 7.39. The molecule has 3 aromatic rings. The van der Waals surface area contributed by atoms with Crippen molar-refractivity contribution < 1.29 is 9.84 Å². The number of aromatic amines is 1. The van der Waals surface area contributed by atoms with Gasteiger partial charge in [-0.1, -0.05) is 0 Å². The zero-order valence-electron chi connectivity index (χ0n) is 11.1. The molecular weight excluding hydrogens is 254 g/mol. The van der Waals surface area contributed by atoms with E-state index in [0.717, 1.165) is 22.3 Å². The second-order valence-corrected chi connectivity index (χ2v) is 4.45. The second kappa shape index (κ2) is 5.13. The highest BCUT2D eigenvalue weighted by molar-refractivity contribution is 5.79. The predicted octanol–water partition coefficient (Wildman–Crippen LogP) is 2.89. The molecule has 0 amide bonds. The van der Waals surface area contributed by atoms with Gasteiger partial charge in [0.15, 0.2) is 11.5 Å². The molecule has 3 N–H and O–H groups in total. The number of methoxy groups -OCH3 is 1. The van der Waals surface area contributed by atoms with Crippen LogP contribution in [-0.2, 0) is 6.54 Å². The molecule has 2 heterocycles. The lowest BCUT2D eigenvalue weighted by atomic mass is 10.2. The predicted molar refractivity (Wildman–Crippen MR) is 78.1 cm³/mol.